The minimum atomic E-state index is 0.214. The summed E-state index contributed by atoms with van der Waals surface area (Å²) in [4.78, 5) is 0. The largest absolute Gasteiger partial charge is 0.506 e. The molecule has 2 aromatic rings. The first-order valence-electron chi connectivity index (χ1n) is 5.75. The molecule has 0 heterocycles. The van der Waals surface area contributed by atoms with E-state index in [9.17, 15) is 5.11 Å². The summed E-state index contributed by atoms with van der Waals surface area (Å²) in [6, 6.07) is 7.91. The van der Waals surface area contributed by atoms with Gasteiger partial charge in [-0.3, -0.25) is 0 Å². The van der Waals surface area contributed by atoms with Gasteiger partial charge in [0.2, 0.25) is 0 Å². The number of phenols is 1. The third-order valence-corrected chi connectivity index (χ3v) is 5.19. The first kappa shape index (κ1) is 16.3. The molecule has 6 heteroatoms. The fourth-order valence-corrected chi connectivity index (χ4v) is 4.76. The predicted molar refractivity (Wildman–Crippen MR) is 97.4 cm³/mol. The predicted octanol–water partition coefficient (Wildman–Crippen LogP) is 6.36. The highest BCUT2D eigenvalue weighted by Gasteiger charge is 2.09. The first-order valence-corrected chi connectivity index (χ1v) is 8.92. The number of benzene rings is 2. The number of anilines is 1. The van der Waals surface area contributed by atoms with Gasteiger partial charge in [-0.25, -0.2) is 0 Å². The fraction of sp³-hybridized carbons (Fsp3) is 0.143. The summed E-state index contributed by atoms with van der Waals surface area (Å²) in [7, 11) is 0. The molecule has 0 aliphatic rings. The van der Waals surface area contributed by atoms with Gasteiger partial charge in [0.05, 0.1) is 14.6 Å². The summed E-state index contributed by atoms with van der Waals surface area (Å²) < 4.78 is 3.37. The molecule has 0 radical (unpaired) electrons. The van der Waals surface area contributed by atoms with Crippen LogP contribution in [0, 0.1) is 6.92 Å². The topological polar surface area (TPSA) is 32.3 Å². The number of hydrogen-bond acceptors (Lipinski definition) is 2. The molecule has 0 saturated heterocycles. The second-order valence-electron chi connectivity index (χ2n) is 4.37. The van der Waals surface area contributed by atoms with E-state index in [1.54, 1.807) is 0 Å². The average molecular weight is 529 g/mol. The Labute approximate surface area is 151 Å². The molecule has 0 amide bonds. The Hall–Kier alpha value is -0.0400. The van der Waals surface area contributed by atoms with Gasteiger partial charge in [0, 0.05) is 15.5 Å². The maximum atomic E-state index is 9.71. The van der Waals surface area contributed by atoms with Crippen LogP contribution in [0.1, 0.15) is 11.1 Å². The molecule has 0 aliphatic heterocycles. The maximum absolute atomic E-state index is 9.71. The second-order valence-corrected chi connectivity index (χ2v) is 7.78. The highest BCUT2D eigenvalue weighted by Crippen LogP contribution is 2.35. The van der Waals surface area contributed by atoms with Crippen molar-refractivity contribution < 1.29 is 5.11 Å². The molecule has 0 saturated carbocycles. The van der Waals surface area contributed by atoms with Crippen molar-refractivity contribution in [2.24, 2.45) is 0 Å². The van der Waals surface area contributed by atoms with Crippen molar-refractivity contribution in [2.45, 2.75) is 13.5 Å². The zero-order chi connectivity index (χ0) is 14.9. The number of phenolic OH excluding ortho intramolecular Hbond substituents is 1. The highest BCUT2D eigenvalue weighted by atomic mass is 79.9. The van der Waals surface area contributed by atoms with Gasteiger partial charge in [0.1, 0.15) is 5.75 Å². The fourth-order valence-electron chi connectivity index (χ4n) is 1.78. The highest BCUT2D eigenvalue weighted by molar-refractivity contribution is 9.11. The summed E-state index contributed by atoms with van der Waals surface area (Å²) in [5, 5.41) is 13.1. The molecule has 0 atom stereocenters. The minimum Gasteiger partial charge on any atom is -0.506 e. The van der Waals surface area contributed by atoms with Crippen molar-refractivity contribution in [3.63, 3.8) is 0 Å². The lowest BCUT2D eigenvalue weighted by Crippen LogP contribution is -2.01. The standard InChI is InChI=1S/C14H11Br4NO/c1-7-2-9(15)13(10(16)3-7)19-6-8-4-11(17)14(20)12(18)5-8/h2-5,19-20H,6H2,1H3. The summed E-state index contributed by atoms with van der Waals surface area (Å²) >= 11 is 13.8. The molecule has 106 valence electrons. The Morgan fingerprint density at radius 1 is 0.900 bits per heavy atom. The Bertz CT molecular complexity index is 612. The SMILES string of the molecule is Cc1cc(Br)c(NCc2cc(Br)c(O)c(Br)c2)c(Br)c1. The molecular weight excluding hydrogens is 518 g/mol. The van der Waals surface area contributed by atoms with E-state index in [0.29, 0.717) is 15.5 Å². The van der Waals surface area contributed by atoms with Crippen molar-refractivity contribution in [1.82, 2.24) is 0 Å². The van der Waals surface area contributed by atoms with Crippen LogP contribution in [0.5, 0.6) is 5.75 Å². The quantitative estimate of drug-likeness (QED) is 0.486. The van der Waals surface area contributed by atoms with E-state index in [4.69, 9.17) is 0 Å². The van der Waals surface area contributed by atoms with Crippen LogP contribution in [0.2, 0.25) is 0 Å². The molecular formula is C14H11Br4NO. The van der Waals surface area contributed by atoms with Crippen LogP contribution in [0.3, 0.4) is 0 Å². The van der Waals surface area contributed by atoms with E-state index in [-0.39, 0.29) is 5.75 Å². The van der Waals surface area contributed by atoms with Crippen molar-refractivity contribution in [3.8, 4) is 5.75 Å². The Kier molecular flexibility index (Phi) is 5.56. The van der Waals surface area contributed by atoms with Crippen molar-refractivity contribution >= 4 is 69.4 Å². The molecule has 2 nitrogen and oxygen atoms in total. The van der Waals surface area contributed by atoms with Crippen LogP contribution in [0.4, 0.5) is 5.69 Å². The zero-order valence-electron chi connectivity index (χ0n) is 10.5. The molecule has 0 fully saturated rings. The summed E-state index contributed by atoms with van der Waals surface area (Å²) in [5.74, 6) is 0.214. The normalized spacial score (nSPS) is 10.7. The van der Waals surface area contributed by atoms with E-state index < -0.39 is 0 Å². The number of rotatable bonds is 3. The molecule has 0 bridgehead atoms. The van der Waals surface area contributed by atoms with E-state index in [2.05, 4.69) is 81.2 Å². The first-order chi connectivity index (χ1) is 9.38. The Balaban J connectivity index is 2.21. The van der Waals surface area contributed by atoms with E-state index in [1.807, 2.05) is 19.1 Å². The van der Waals surface area contributed by atoms with Crippen LogP contribution in [0.25, 0.3) is 0 Å². The third-order valence-electron chi connectivity index (χ3n) is 2.73. The smallest absolute Gasteiger partial charge is 0.143 e. The van der Waals surface area contributed by atoms with Gasteiger partial charge in [-0.15, -0.1) is 0 Å². The number of nitrogens with one attached hydrogen (secondary N) is 1. The third kappa shape index (κ3) is 3.78. The molecule has 0 spiro atoms. The molecule has 2 aromatic carbocycles. The number of halogens is 4. The van der Waals surface area contributed by atoms with Gasteiger partial charge in [0.25, 0.3) is 0 Å². The lowest BCUT2D eigenvalue weighted by Gasteiger charge is -2.13. The maximum Gasteiger partial charge on any atom is 0.143 e. The zero-order valence-corrected chi connectivity index (χ0v) is 16.8. The van der Waals surface area contributed by atoms with E-state index >= 15 is 0 Å². The van der Waals surface area contributed by atoms with Crippen LogP contribution in [-0.2, 0) is 6.54 Å². The minimum absolute atomic E-state index is 0.214. The van der Waals surface area contributed by atoms with Crippen molar-refractivity contribution in [1.29, 1.82) is 0 Å². The van der Waals surface area contributed by atoms with Gasteiger partial charge in [-0.05, 0) is 106 Å². The molecule has 2 rings (SSSR count). The lowest BCUT2D eigenvalue weighted by atomic mass is 10.2. The van der Waals surface area contributed by atoms with Crippen LogP contribution in [0.15, 0.2) is 42.2 Å². The second kappa shape index (κ2) is 6.81. The monoisotopic (exact) mass is 525 g/mol. The van der Waals surface area contributed by atoms with Gasteiger partial charge in [0.15, 0.2) is 0 Å². The van der Waals surface area contributed by atoms with Crippen LogP contribution in [-0.4, -0.2) is 5.11 Å². The Morgan fingerprint density at radius 3 is 1.90 bits per heavy atom. The molecule has 0 aliphatic carbocycles. The molecule has 0 aromatic heterocycles. The summed E-state index contributed by atoms with van der Waals surface area (Å²) in [6.07, 6.45) is 0. The average Bonchev–Trinajstić information content (AvgIpc) is 2.34. The van der Waals surface area contributed by atoms with E-state index in [0.717, 1.165) is 20.2 Å². The van der Waals surface area contributed by atoms with E-state index in [1.165, 1.54) is 5.56 Å². The van der Waals surface area contributed by atoms with Crippen LogP contribution < -0.4 is 5.32 Å². The summed E-state index contributed by atoms with van der Waals surface area (Å²) in [5.41, 5.74) is 3.25. The number of hydrogen-bond donors (Lipinski definition) is 2. The molecule has 2 N–H and O–H groups in total. The molecule has 20 heavy (non-hydrogen) atoms. The van der Waals surface area contributed by atoms with Gasteiger partial charge >= 0.3 is 0 Å². The molecule has 0 unspecified atom stereocenters. The van der Waals surface area contributed by atoms with Crippen molar-refractivity contribution in [2.75, 3.05) is 5.32 Å². The van der Waals surface area contributed by atoms with Gasteiger partial charge in [-0.1, -0.05) is 0 Å². The number of aromatic hydroxyl groups is 1. The van der Waals surface area contributed by atoms with Crippen LogP contribution >= 0.6 is 63.7 Å². The Morgan fingerprint density at radius 2 is 1.40 bits per heavy atom. The van der Waals surface area contributed by atoms with Gasteiger partial charge < -0.3 is 10.4 Å². The number of aryl methyl sites for hydroxylation is 1. The lowest BCUT2D eigenvalue weighted by molar-refractivity contribution is 0.468. The van der Waals surface area contributed by atoms with Gasteiger partial charge in [-0.2, -0.15) is 0 Å². The van der Waals surface area contributed by atoms with Crippen molar-refractivity contribution in [3.05, 3.63) is 53.3 Å². The summed E-state index contributed by atoms with van der Waals surface area (Å²) in [6.45, 7) is 2.70.